The van der Waals surface area contributed by atoms with Crippen LogP contribution in [0.1, 0.15) is 64.7 Å². The number of urea groups is 1. The lowest BCUT2D eigenvalue weighted by atomic mass is 9.86. The third kappa shape index (κ3) is 5.45. The maximum absolute atomic E-state index is 12.8. The molecule has 3 rings (SSSR count). The minimum atomic E-state index is -0.158. The van der Waals surface area contributed by atoms with Gasteiger partial charge in [-0.05, 0) is 44.8 Å². The Bertz CT molecular complexity index is 596. The second-order valence-electron chi connectivity index (χ2n) is 8.35. The van der Waals surface area contributed by atoms with Crippen molar-refractivity contribution < 1.29 is 19.1 Å². The summed E-state index contributed by atoms with van der Waals surface area (Å²) in [6, 6.07) is 0.343. The van der Waals surface area contributed by atoms with E-state index in [0.29, 0.717) is 18.2 Å². The highest BCUT2D eigenvalue weighted by Gasteiger charge is 2.50. The molecule has 2 amide bonds. The van der Waals surface area contributed by atoms with Crippen molar-refractivity contribution in [2.75, 3.05) is 26.0 Å². The van der Waals surface area contributed by atoms with Gasteiger partial charge < -0.3 is 9.64 Å². The zero-order chi connectivity index (χ0) is 20.8. The molecule has 164 valence electrons. The summed E-state index contributed by atoms with van der Waals surface area (Å²) < 4.78 is 4.69. The quantitative estimate of drug-likeness (QED) is 0.428. The van der Waals surface area contributed by atoms with Gasteiger partial charge in [0, 0.05) is 24.1 Å². The third-order valence-corrected chi connectivity index (χ3v) is 7.95. The Hall–Kier alpha value is -1.28. The summed E-state index contributed by atoms with van der Waals surface area (Å²) in [6.07, 6.45) is 8.68. The zero-order valence-electron chi connectivity index (χ0n) is 17.7. The van der Waals surface area contributed by atoms with E-state index in [-0.39, 0.29) is 42.3 Å². The minimum absolute atomic E-state index is 0.00749. The highest BCUT2D eigenvalue weighted by molar-refractivity contribution is 7.99. The molecule has 8 heteroatoms. The number of Topliss-reactive ketones (excluding diaryl/α,β-unsaturated/α-hetero) is 1. The van der Waals surface area contributed by atoms with Gasteiger partial charge in [-0.15, -0.1) is 0 Å². The lowest BCUT2D eigenvalue weighted by Gasteiger charge is -2.26. The number of thioether (sulfide) groups is 1. The van der Waals surface area contributed by atoms with Crippen LogP contribution in [0.15, 0.2) is 0 Å². The first kappa shape index (κ1) is 22.4. The number of nitrogens with zero attached hydrogens (tertiary/aromatic N) is 2. The van der Waals surface area contributed by atoms with Crippen LogP contribution in [-0.4, -0.2) is 71.0 Å². The van der Waals surface area contributed by atoms with Gasteiger partial charge in [-0.3, -0.25) is 14.6 Å². The molecule has 0 bridgehead atoms. The van der Waals surface area contributed by atoms with E-state index >= 15 is 0 Å². The van der Waals surface area contributed by atoms with Crippen LogP contribution < -0.4 is 5.43 Å². The van der Waals surface area contributed by atoms with Gasteiger partial charge in [-0.1, -0.05) is 19.3 Å². The third-order valence-electron chi connectivity index (χ3n) is 6.57. The van der Waals surface area contributed by atoms with Crippen LogP contribution in [0.3, 0.4) is 0 Å². The number of ketones is 1. The Morgan fingerprint density at radius 1 is 1.17 bits per heavy atom. The molecule has 3 atom stereocenters. The molecular formula is C21H35N3O4S. The molecule has 1 saturated heterocycles. The van der Waals surface area contributed by atoms with Gasteiger partial charge in [0.15, 0.2) is 5.78 Å². The van der Waals surface area contributed by atoms with Crippen LogP contribution in [0.4, 0.5) is 4.79 Å². The average Bonchev–Trinajstić information content (AvgIpc) is 3.25. The van der Waals surface area contributed by atoms with Crippen molar-refractivity contribution in [1.82, 2.24) is 15.3 Å². The molecule has 0 spiro atoms. The number of carbonyl (C=O) groups is 3. The molecule has 0 aromatic rings. The van der Waals surface area contributed by atoms with Crippen molar-refractivity contribution >= 4 is 29.5 Å². The van der Waals surface area contributed by atoms with Gasteiger partial charge in [-0.25, -0.2) is 10.2 Å². The van der Waals surface area contributed by atoms with Crippen molar-refractivity contribution in [1.29, 1.82) is 0 Å². The molecular weight excluding hydrogens is 390 g/mol. The van der Waals surface area contributed by atoms with E-state index in [4.69, 9.17) is 4.74 Å². The van der Waals surface area contributed by atoms with E-state index in [9.17, 15) is 14.4 Å². The molecule has 3 unspecified atom stereocenters. The fraction of sp³-hybridized carbons (Fsp3) is 0.857. The van der Waals surface area contributed by atoms with Crippen LogP contribution in [0, 0.1) is 5.92 Å². The molecule has 2 aliphatic carbocycles. The van der Waals surface area contributed by atoms with Crippen LogP contribution in [0.25, 0.3) is 0 Å². The van der Waals surface area contributed by atoms with E-state index in [1.165, 1.54) is 13.5 Å². The summed E-state index contributed by atoms with van der Waals surface area (Å²) in [5, 5.41) is 2.22. The van der Waals surface area contributed by atoms with Gasteiger partial charge in [0.05, 0.1) is 25.7 Å². The Balaban J connectivity index is 1.50. The predicted octanol–water partition coefficient (Wildman–Crippen LogP) is 2.98. The second-order valence-corrected chi connectivity index (χ2v) is 9.76. The summed E-state index contributed by atoms with van der Waals surface area (Å²) >= 11 is 1.89. The molecule has 3 aliphatic rings. The summed E-state index contributed by atoms with van der Waals surface area (Å²) in [5.41, 5.74) is 3.20. The number of nitrogens with one attached hydrogen (secondary N) is 1. The van der Waals surface area contributed by atoms with Crippen LogP contribution in [0.5, 0.6) is 0 Å². The van der Waals surface area contributed by atoms with Crippen LogP contribution >= 0.6 is 11.8 Å². The Morgan fingerprint density at radius 2 is 1.90 bits per heavy atom. The number of ether oxygens (including phenoxy) is 1. The van der Waals surface area contributed by atoms with Gasteiger partial charge >= 0.3 is 12.0 Å². The number of methoxy groups -OCH3 is 1. The second kappa shape index (κ2) is 10.7. The average molecular weight is 426 g/mol. The fourth-order valence-electron chi connectivity index (χ4n) is 4.97. The molecule has 0 aromatic carbocycles. The highest BCUT2D eigenvalue weighted by atomic mass is 32.2. The van der Waals surface area contributed by atoms with E-state index in [0.717, 1.165) is 50.7 Å². The molecule has 7 nitrogen and oxygen atoms in total. The molecule has 1 N–H and O–H groups in total. The van der Waals surface area contributed by atoms with Crippen molar-refractivity contribution in [3.8, 4) is 0 Å². The van der Waals surface area contributed by atoms with Crippen LogP contribution in [-0.2, 0) is 14.3 Å². The fourth-order valence-corrected chi connectivity index (χ4v) is 6.29. The van der Waals surface area contributed by atoms with Gasteiger partial charge in [0.25, 0.3) is 0 Å². The number of hydrogen-bond acceptors (Lipinski definition) is 6. The van der Waals surface area contributed by atoms with Crippen molar-refractivity contribution in [3.63, 3.8) is 0 Å². The largest absolute Gasteiger partial charge is 0.469 e. The molecule has 29 heavy (non-hydrogen) atoms. The summed E-state index contributed by atoms with van der Waals surface area (Å²) in [5.74, 6) is 1.17. The number of esters is 1. The lowest BCUT2D eigenvalue weighted by molar-refractivity contribution is -0.140. The van der Waals surface area contributed by atoms with E-state index in [1.54, 1.807) is 5.01 Å². The van der Waals surface area contributed by atoms with Crippen molar-refractivity contribution in [2.24, 2.45) is 5.92 Å². The normalized spacial score (nSPS) is 27.4. The molecule has 2 saturated carbocycles. The molecule has 1 heterocycles. The minimum Gasteiger partial charge on any atom is -0.469 e. The Labute approximate surface area is 178 Å². The SMILES string of the molecule is CCN1C(=O)N(NCC(=O)C2CCCCC2)C2CC(SCCCC(=O)OC)CC21. The number of amides is 2. The van der Waals surface area contributed by atoms with Gasteiger partial charge in [0.2, 0.25) is 0 Å². The first-order valence-electron chi connectivity index (χ1n) is 11.1. The van der Waals surface area contributed by atoms with E-state index < -0.39 is 0 Å². The first-order valence-corrected chi connectivity index (χ1v) is 12.1. The maximum atomic E-state index is 12.8. The number of hydrogen-bond donors (Lipinski definition) is 1. The summed E-state index contributed by atoms with van der Waals surface area (Å²) in [7, 11) is 1.42. The monoisotopic (exact) mass is 425 g/mol. The zero-order valence-corrected chi connectivity index (χ0v) is 18.5. The van der Waals surface area contributed by atoms with E-state index in [2.05, 4.69) is 5.43 Å². The molecule has 0 aromatic heterocycles. The summed E-state index contributed by atoms with van der Waals surface area (Å²) in [6.45, 7) is 2.96. The Kier molecular flexibility index (Phi) is 8.24. The van der Waals surface area contributed by atoms with E-state index in [1.807, 2.05) is 23.6 Å². The van der Waals surface area contributed by atoms with Crippen molar-refractivity contribution in [3.05, 3.63) is 0 Å². The highest BCUT2D eigenvalue weighted by Crippen LogP contribution is 2.40. The van der Waals surface area contributed by atoms with Crippen LogP contribution in [0.2, 0.25) is 0 Å². The number of hydrazine groups is 1. The first-order chi connectivity index (χ1) is 14.0. The smallest absolute Gasteiger partial charge is 0.335 e. The molecule has 0 radical (unpaired) electrons. The topological polar surface area (TPSA) is 79.0 Å². The predicted molar refractivity (Wildman–Crippen MR) is 114 cm³/mol. The standard InChI is InChI=1S/C21H35N3O4S/c1-3-23-17-12-16(29-11-7-10-20(26)28-2)13-18(17)24(21(23)27)22-14-19(25)15-8-5-4-6-9-15/h15-18,22H,3-14H2,1-2H3. The maximum Gasteiger partial charge on any atom is 0.335 e. The molecule has 3 fully saturated rings. The Morgan fingerprint density at radius 3 is 2.59 bits per heavy atom. The lowest BCUT2D eigenvalue weighted by Crippen LogP contribution is -2.48. The number of rotatable bonds is 10. The summed E-state index contributed by atoms with van der Waals surface area (Å²) in [4.78, 5) is 38.6. The molecule has 1 aliphatic heterocycles. The van der Waals surface area contributed by atoms with Crippen molar-refractivity contribution in [2.45, 2.75) is 82.0 Å². The number of carbonyl (C=O) groups excluding carboxylic acids is 3. The number of likely N-dealkylation sites (N-methyl/N-ethyl adjacent to an activating group) is 1. The number of fused-ring (bicyclic) bond motifs is 1. The van der Waals surface area contributed by atoms with Gasteiger partial charge in [0.1, 0.15) is 0 Å². The van der Waals surface area contributed by atoms with Gasteiger partial charge in [-0.2, -0.15) is 11.8 Å².